The standard InChI is InChI=1S/C21H28F2N4O/c1-25(2)10-5-12-26-13-9-24-21(26)16-6-4-11-27(15-16)20(28)14-17-18(22)7-3-8-19(17)23/h3,7-9,13,16H,4-6,10-12,14-15H2,1-2H3. The molecule has 1 aromatic carbocycles. The third-order valence-electron chi connectivity index (χ3n) is 5.28. The van der Waals surface area contributed by atoms with Crippen LogP contribution in [0.15, 0.2) is 30.6 Å². The number of halogens is 2. The van der Waals surface area contributed by atoms with Crippen molar-refractivity contribution in [2.24, 2.45) is 0 Å². The van der Waals surface area contributed by atoms with E-state index >= 15 is 0 Å². The molecular weight excluding hydrogens is 362 g/mol. The molecule has 1 aromatic heterocycles. The summed E-state index contributed by atoms with van der Waals surface area (Å²) in [5.74, 6) is -0.429. The summed E-state index contributed by atoms with van der Waals surface area (Å²) >= 11 is 0. The minimum atomic E-state index is -0.668. The molecule has 0 aliphatic carbocycles. The van der Waals surface area contributed by atoms with E-state index in [1.165, 1.54) is 18.2 Å². The average molecular weight is 390 g/mol. The highest BCUT2D eigenvalue weighted by Crippen LogP contribution is 2.27. The highest BCUT2D eigenvalue weighted by Gasteiger charge is 2.28. The molecular formula is C21H28F2N4O. The average Bonchev–Trinajstić information content (AvgIpc) is 3.13. The SMILES string of the molecule is CN(C)CCCn1ccnc1C1CCCN(C(=O)Cc2c(F)cccc2F)C1. The molecule has 0 radical (unpaired) electrons. The first-order valence-electron chi connectivity index (χ1n) is 9.82. The molecule has 1 aliphatic rings. The predicted octanol–water partition coefficient (Wildman–Crippen LogP) is 3.06. The van der Waals surface area contributed by atoms with Crippen molar-refractivity contribution in [3.63, 3.8) is 0 Å². The Morgan fingerprint density at radius 3 is 2.75 bits per heavy atom. The number of rotatable bonds is 7. The van der Waals surface area contributed by atoms with Gasteiger partial charge in [0.15, 0.2) is 0 Å². The van der Waals surface area contributed by atoms with Crippen LogP contribution in [0.5, 0.6) is 0 Å². The number of carbonyl (C=O) groups excluding carboxylic acids is 1. The number of aromatic nitrogens is 2. The van der Waals surface area contributed by atoms with E-state index in [-0.39, 0.29) is 23.8 Å². The summed E-state index contributed by atoms with van der Waals surface area (Å²) in [6, 6.07) is 3.69. The first kappa shape index (κ1) is 20.5. The third kappa shape index (κ3) is 4.95. The highest BCUT2D eigenvalue weighted by atomic mass is 19.1. The summed E-state index contributed by atoms with van der Waals surface area (Å²) < 4.78 is 29.9. The first-order valence-corrected chi connectivity index (χ1v) is 9.82. The molecule has 0 N–H and O–H groups in total. The normalized spacial score (nSPS) is 17.3. The van der Waals surface area contributed by atoms with E-state index in [4.69, 9.17) is 0 Å². The van der Waals surface area contributed by atoms with Crippen LogP contribution < -0.4 is 0 Å². The quantitative estimate of drug-likeness (QED) is 0.730. The van der Waals surface area contributed by atoms with Crippen LogP contribution in [-0.2, 0) is 17.8 Å². The summed E-state index contributed by atoms with van der Waals surface area (Å²) in [6.45, 7) is 3.05. The minimum Gasteiger partial charge on any atom is -0.342 e. The maximum atomic E-state index is 13.9. The van der Waals surface area contributed by atoms with Gasteiger partial charge in [-0.1, -0.05) is 6.07 Å². The first-order chi connectivity index (χ1) is 13.5. The summed E-state index contributed by atoms with van der Waals surface area (Å²) in [7, 11) is 4.11. The Labute approximate surface area is 165 Å². The number of carbonyl (C=O) groups is 1. The van der Waals surface area contributed by atoms with Gasteiger partial charge in [-0.05, 0) is 52.0 Å². The molecule has 1 saturated heterocycles. The van der Waals surface area contributed by atoms with E-state index in [9.17, 15) is 13.6 Å². The molecule has 2 aromatic rings. The molecule has 1 unspecified atom stereocenters. The van der Waals surface area contributed by atoms with Crippen molar-refractivity contribution in [3.8, 4) is 0 Å². The fourth-order valence-electron chi connectivity index (χ4n) is 3.81. The van der Waals surface area contributed by atoms with Gasteiger partial charge in [0.2, 0.25) is 5.91 Å². The van der Waals surface area contributed by atoms with Crippen molar-refractivity contribution in [1.82, 2.24) is 19.4 Å². The van der Waals surface area contributed by atoms with Crippen LogP contribution >= 0.6 is 0 Å². The van der Waals surface area contributed by atoms with E-state index in [0.717, 1.165) is 38.2 Å². The number of piperidine rings is 1. The predicted molar refractivity (Wildman–Crippen MR) is 104 cm³/mol. The van der Waals surface area contributed by atoms with Gasteiger partial charge in [-0.2, -0.15) is 0 Å². The molecule has 0 saturated carbocycles. The molecule has 152 valence electrons. The number of amides is 1. The summed E-state index contributed by atoms with van der Waals surface area (Å²) in [5.41, 5.74) is -0.153. The summed E-state index contributed by atoms with van der Waals surface area (Å²) in [5, 5.41) is 0. The van der Waals surface area contributed by atoms with E-state index < -0.39 is 11.6 Å². The Morgan fingerprint density at radius 2 is 2.04 bits per heavy atom. The van der Waals surface area contributed by atoms with Gasteiger partial charge in [0.05, 0.1) is 6.42 Å². The zero-order valence-electron chi connectivity index (χ0n) is 16.6. The Balaban J connectivity index is 1.64. The zero-order chi connectivity index (χ0) is 20.1. The molecule has 0 spiro atoms. The Morgan fingerprint density at radius 1 is 1.29 bits per heavy atom. The lowest BCUT2D eigenvalue weighted by Gasteiger charge is -2.33. The molecule has 1 aliphatic heterocycles. The smallest absolute Gasteiger partial charge is 0.227 e. The number of nitrogens with zero attached hydrogens (tertiary/aromatic N) is 4. The van der Waals surface area contributed by atoms with Crippen LogP contribution in [0.2, 0.25) is 0 Å². The van der Waals surface area contributed by atoms with E-state index in [2.05, 4.69) is 28.5 Å². The second-order valence-electron chi connectivity index (χ2n) is 7.69. The van der Waals surface area contributed by atoms with Gasteiger partial charge in [-0.15, -0.1) is 0 Å². The molecule has 5 nitrogen and oxygen atoms in total. The number of hydrogen-bond donors (Lipinski definition) is 0. The van der Waals surface area contributed by atoms with Crippen LogP contribution in [-0.4, -0.2) is 59.0 Å². The van der Waals surface area contributed by atoms with Gasteiger partial charge >= 0.3 is 0 Å². The number of imidazole rings is 1. The number of hydrogen-bond acceptors (Lipinski definition) is 3. The topological polar surface area (TPSA) is 41.4 Å². The van der Waals surface area contributed by atoms with Crippen molar-refractivity contribution >= 4 is 5.91 Å². The highest BCUT2D eigenvalue weighted by molar-refractivity contribution is 5.79. The third-order valence-corrected chi connectivity index (χ3v) is 5.28. The van der Waals surface area contributed by atoms with Crippen LogP contribution in [0, 0.1) is 11.6 Å². The van der Waals surface area contributed by atoms with Crippen LogP contribution in [0.3, 0.4) is 0 Å². The maximum Gasteiger partial charge on any atom is 0.227 e. The molecule has 2 heterocycles. The van der Waals surface area contributed by atoms with Gasteiger partial charge in [0.25, 0.3) is 0 Å². The van der Waals surface area contributed by atoms with E-state index in [1.807, 2.05) is 6.20 Å². The van der Waals surface area contributed by atoms with Gasteiger partial charge in [0.1, 0.15) is 17.5 Å². The fourth-order valence-corrected chi connectivity index (χ4v) is 3.81. The maximum absolute atomic E-state index is 13.9. The Hall–Kier alpha value is -2.28. The van der Waals surface area contributed by atoms with Crippen molar-refractivity contribution in [3.05, 3.63) is 53.6 Å². The molecule has 3 rings (SSSR count). The van der Waals surface area contributed by atoms with Gasteiger partial charge in [-0.3, -0.25) is 4.79 Å². The molecule has 7 heteroatoms. The van der Waals surface area contributed by atoms with Gasteiger partial charge in [-0.25, -0.2) is 13.8 Å². The van der Waals surface area contributed by atoms with Crippen LogP contribution in [0.1, 0.15) is 36.6 Å². The minimum absolute atomic E-state index is 0.150. The van der Waals surface area contributed by atoms with E-state index in [0.29, 0.717) is 13.1 Å². The van der Waals surface area contributed by atoms with E-state index in [1.54, 1.807) is 11.1 Å². The lowest BCUT2D eigenvalue weighted by Crippen LogP contribution is -2.40. The molecule has 0 bridgehead atoms. The van der Waals surface area contributed by atoms with Crippen molar-refractivity contribution in [2.45, 2.75) is 38.1 Å². The molecule has 1 amide bonds. The second-order valence-corrected chi connectivity index (χ2v) is 7.69. The monoisotopic (exact) mass is 390 g/mol. The number of aryl methyl sites for hydroxylation is 1. The number of benzene rings is 1. The van der Waals surface area contributed by atoms with Crippen molar-refractivity contribution < 1.29 is 13.6 Å². The Kier molecular flexibility index (Phi) is 6.78. The summed E-state index contributed by atoms with van der Waals surface area (Å²) in [6.07, 6.45) is 6.39. The van der Waals surface area contributed by atoms with Crippen LogP contribution in [0.4, 0.5) is 8.78 Å². The Bertz CT molecular complexity index is 785. The van der Waals surface area contributed by atoms with Gasteiger partial charge in [0, 0.05) is 43.5 Å². The number of likely N-dealkylation sites (tertiary alicyclic amines) is 1. The second kappa shape index (κ2) is 9.28. The van der Waals surface area contributed by atoms with Crippen molar-refractivity contribution in [1.29, 1.82) is 0 Å². The van der Waals surface area contributed by atoms with Crippen LogP contribution in [0.25, 0.3) is 0 Å². The summed E-state index contributed by atoms with van der Waals surface area (Å²) in [4.78, 5) is 21.1. The molecule has 1 fully saturated rings. The lowest BCUT2D eigenvalue weighted by atomic mass is 9.96. The molecule has 1 atom stereocenters. The fraction of sp³-hybridized carbons (Fsp3) is 0.524. The largest absolute Gasteiger partial charge is 0.342 e. The molecule has 28 heavy (non-hydrogen) atoms. The lowest BCUT2D eigenvalue weighted by molar-refractivity contribution is -0.131. The van der Waals surface area contributed by atoms with Gasteiger partial charge < -0.3 is 14.4 Å². The zero-order valence-corrected chi connectivity index (χ0v) is 16.6. The van der Waals surface area contributed by atoms with Crippen molar-refractivity contribution in [2.75, 3.05) is 33.7 Å².